The Morgan fingerprint density at radius 3 is 1.67 bits per heavy atom. The lowest BCUT2D eigenvalue weighted by molar-refractivity contribution is -0.327. The summed E-state index contributed by atoms with van der Waals surface area (Å²) in [6.45, 7) is 8.16. The van der Waals surface area contributed by atoms with Crippen LogP contribution in [0.25, 0.3) is 0 Å². The molecule has 0 saturated carbocycles. The maximum Gasteiger partial charge on any atom is 0.423 e. The zero-order valence-electron chi connectivity index (χ0n) is 21.4. The topological polar surface area (TPSA) is 167 Å². The van der Waals surface area contributed by atoms with Crippen LogP contribution in [0.15, 0.2) is 35.5 Å². The van der Waals surface area contributed by atoms with Crippen molar-refractivity contribution in [2.75, 3.05) is 39.6 Å². The van der Waals surface area contributed by atoms with Crippen molar-refractivity contribution in [3.63, 3.8) is 0 Å². The molecule has 0 aliphatic carbocycles. The van der Waals surface area contributed by atoms with Crippen LogP contribution in [0.4, 0.5) is 0 Å². The van der Waals surface area contributed by atoms with E-state index in [1.54, 1.807) is 6.92 Å². The number of aliphatic hydroxyl groups excluding tert-OH is 3. The summed E-state index contributed by atoms with van der Waals surface area (Å²) >= 11 is 0. The van der Waals surface area contributed by atoms with Gasteiger partial charge in [-0.1, -0.05) is 34.3 Å². The summed E-state index contributed by atoms with van der Waals surface area (Å²) < 4.78 is 32.2. The highest BCUT2D eigenvalue weighted by Crippen LogP contribution is 2.26. The summed E-state index contributed by atoms with van der Waals surface area (Å²) in [5.74, 6) is -6.98. The number of rotatable bonds is 19. The molecule has 0 aromatic rings. The molecule has 0 fully saturated rings. The summed E-state index contributed by atoms with van der Waals surface area (Å²) in [4.78, 5) is 38.0. The first-order valence-electron chi connectivity index (χ1n) is 11.7. The number of esters is 3. The van der Waals surface area contributed by atoms with Crippen LogP contribution in [0, 0.1) is 0 Å². The van der Waals surface area contributed by atoms with Gasteiger partial charge in [0.25, 0.3) is 5.76 Å². The van der Waals surface area contributed by atoms with E-state index in [4.69, 9.17) is 28.4 Å². The summed E-state index contributed by atoms with van der Waals surface area (Å²) in [6, 6.07) is 0. The molecule has 0 radical (unpaired) electrons. The van der Waals surface area contributed by atoms with Crippen molar-refractivity contribution in [1.82, 2.24) is 0 Å². The van der Waals surface area contributed by atoms with Crippen molar-refractivity contribution in [1.29, 1.82) is 0 Å². The monoisotopic (exact) mass is 518 g/mol. The van der Waals surface area contributed by atoms with Gasteiger partial charge < -0.3 is 43.7 Å². The van der Waals surface area contributed by atoms with Gasteiger partial charge in [0.15, 0.2) is 0 Å². The first-order valence-corrected chi connectivity index (χ1v) is 11.7. The van der Waals surface area contributed by atoms with Crippen LogP contribution in [-0.2, 0) is 42.8 Å². The normalized spacial score (nSPS) is 11.9. The molecule has 0 rings (SSSR count). The zero-order valence-corrected chi connectivity index (χ0v) is 21.4. The average Bonchev–Trinajstić information content (AvgIpc) is 2.87. The number of aliphatic hydroxyl groups is 3. The second-order valence-electron chi connectivity index (χ2n) is 7.16. The van der Waals surface area contributed by atoms with Crippen LogP contribution in [0.1, 0.15) is 53.4 Å². The molecule has 3 N–H and O–H groups in total. The Kier molecular flexibility index (Phi) is 16.7. The Morgan fingerprint density at radius 1 is 0.750 bits per heavy atom. The summed E-state index contributed by atoms with van der Waals surface area (Å²) in [7, 11) is 0. The van der Waals surface area contributed by atoms with Crippen LogP contribution in [0.5, 0.6) is 0 Å². The number of carbonyl (C=O) groups excluding carboxylic acids is 3. The lowest BCUT2D eigenvalue weighted by Gasteiger charge is -2.30. The van der Waals surface area contributed by atoms with Crippen molar-refractivity contribution in [3.05, 3.63) is 35.5 Å². The molecule has 0 bridgehead atoms. The number of carbonyl (C=O) groups is 3. The second-order valence-corrected chi connectivity index (χ2v) is 7.16. The van der Waals surface area contributed by atoms with E-state index in [2.05, 4.69) is 6.58 Å². The molecular weight excluding hydrogens is 480 g/mol. The van der Waals surface area contributed by atoms with Gasteiger partial charge >= 0.3 is 29.8 Å². The fourth-order valence-corrected chi connectivity index (χ4v) is 2.39. The Hall–Kier alpha value is -3.09. The molecule has 12 nitrogen and oxygen atoms in total. The van der Waals surface area contributed by atoms with Crippen LogP contribution in [0.2, 0.25) is 0 Å². The lowest BCUT2D eigenvalue weighted by Crippen LogP contribution is -2.45. The largest absolute Gasteiger partial charge is 0.482 e. The molecule has 0 aromatic heterocycles. The van der Waals surface area contributed by atoms with Gasteiger partial charge in [0, 0.05) is 6.08 Å². The Balaban J connectivity index is 6.48. The minimum Gasteiger partial charge on any atom is -0.482 e. The van der Waals surface area contributed by atoms with Crippen LogP contribution in [0.3, 0.4) is 0 Å². The van der Waals surface area contributed by atoms with Gasteiger partial charge in [-0.05, 0) is 24.8 Å². The maximum atomic E-state index is 13.2. The zero-order chi connectivity index (χ0) is 27.6. The molecule has 1 atom stereocenters. The van der Waals surface area contributed by atoms with E-state index in [1.165, 1.54) is 6.92 Å². The number of ether oxygens (including phenoxy) is 6. The molecule has 0 aromatic carbocycles. The summed E-state index contributed by atoms with van der Waals surface area (Å²) in [5, 5.41) is 28.3. The molecule has 206 valence electrons. The quantitative estimate of drug-likeness (QED) is 0.0979. The molecule has 0 aliphatic heterocycles. The third kappa shape index (κ3) is 10.7. The SMILES string of the molecule is C=CC(=O)OC(CC)(OC(=O)C(CO)=C(CO)CO)OC(=O)C(OCCC)=C(OCCC)OCCC. The Bertz CT molecular complexity index is 770. The second kappa shape index (κ2) is 18.2. The fourth-order valence-electron chi connectivity index (χ4n) is 2.39. The molecule has 0 spiro atoms. The predicted octanol–water partition coefficient (Wildman–Crippen LogP) is 1.59. The van der Waals surface area contributed by atoms with Crippen molar-refractivity contribution >= 4 is 17.9 Å². The smallest absolute Gasteiger partial charge is 0.423 e. The van der Waals surface area contributed by atoms with Crippen LogP contribution >= 0.6 is 0 Å². The highest BCUT2D eigenvalue weighted by Gasteiger charge is 2.44. The van der Waals surface area contributed by atoms with Crippen LogP contribution in [-0.4, -0.2) is 78.8 Å². The highest BCUT2D eigenvalue weighted by molar-refractivity contribution is 5.91. The van der Waals surface area contributed by atoms with E-state index >= 15 is 0 Å². The van der Waals surface area contributed by atoms with Gasteiger partial charge in [0.2, 0.25) is 0 Å². The molecule has 0 aliphatic rings. The lowest BCUT2D eigenvalue weighted by atomic mass is 10.1. The molecule has 36 heavy (non-hydrogen) atoms. The van der Waals surface area contributed by atoms with Crippen molar-refractivity contribution in [3.8, 4) is 0 Å². The summed E-state index contributed by atoms with van der Waals surface area (Å²) in [6.07, 6.45) is 2.07. The van der Waals surface area contributed by atoms with Gasteiger partial charge in [-0.25, -0.2) is 14.4 Å². The van der Waals surface area contributed by atoms with E-state index in [0.29, 0.717) is 19.3 Å². The predicted molar refractivity (Wildman–Crippen MR) is 126 cm³/mol. The molecular formula is C24H38O12. The number of hydrogen-bond donors (Lipinski definition) is 3. The summed E-state index contributed by atoms with van der Waals surface area (Å²) in [5.41, 5.74) is -0.760. The Morgan fingerprint density at radius 2 is 1.25 bits per heavy atom. The van der Waals surface area contributed by atoms with E-state index < -0.39 is 61.5 Å². The van der Waals surface area contributed by atoms with E-state index in [1.807, 2.05) is 13.8 Å². The number of hydrogen-bond acceptors (Lipinski definition) is 12. The first kappa shape index (κ1) is 32.9. The van der Waals surface area contributed by atoms with E-state index in [9.17, 15) is 29.7 Å². The molecule has 0 amide bonds. The maximum absolute atomic E-state index is 13.2. The third-order valence-corrected chi connectivity index (χ3v) is 4.26. The fraction of sp³-hybridized carbons (Fsp3) is 0.625. The minimum atomic E-state index is -2.63. The average molecular weight is 519 g/mol. The van der Waals surface area contributed by atoms with Crippen molar-refractivity contribution < 1.29 is 58.1 Å². The van der Waals surface area contributed by atoms with E-state index in [0.717, 1.165) is 6.08 Å². The molecule has 0 heterocycles. The Labute approximate surface area is 211 Å². The van der Waals surface area contributed by atoms with Crippen molar-refractivity contribution in [2.24, 2.45) is 0 Å². The van der Waals surface area contributed by atoms with Crippen LogP contribution < -0.4 is 0 Å². The van der Waals surface area contributed by atoms with Crippen molar-refractivity contribution in [2.45, 2.75) is 59.4 Å². The first-order chi connectivity index (χ1) is 17.2. The van der Waals surface area contributed by atoms with Gasteiger partial charge in [0.05, 0.1) is 51.6 Å². The molecule has 1 unspecified atom stereocenters. The van der Waals surface area contributed by atoms with Gasteiger partial charge in [-0.3, -0.25) is 0 Å². The van der Waals surface area contributed by atoms with Gasteiger partial charge in [0.1, 0.15) is 0 Å². The third-order valence-electron chi connectivity index (χ3n) is 4.26. The highest BCUT2D eigenvalue weighted by atomic mass is 16.9. The van der Waals surface area contributed by atoms with Gasteiger partial charge in [-0.15, -0.1) is 0 Å². The van der Waals surface area contributed by atoms with E-state index in [-0.39, 0.29) is 31.3 Å². The van der Waals surface area contributed by atoms with Gasteiger partial charge in [-0.2, -0.15) is 0 Å². The minimum absolute atomic E-state index is 0.0814. The molecule has 0 saturated heterocycles. The standard InChI is InChI=1S/C24H38O12/c1-6-11-31-20(23(32-12-7-2)33-13-8-3)22(30)36-24(10-5,34-19(28)9-4)35-21(29)18(16-27)17(14-25)15-26/h9,25-27H,4,6-8,10-16H2,1-3,5H3. The molecule has 12 heteroatoms.